The highest BCUT2D eigenvalue weighted by Gasteiger charge is 2.37. The zero-order valence-electron chi connectivity index (χ0n) is 15.2. The molecular weight excluding hydrogens is 340 g/mol. The van der Waals surface area contributed by atoms with Crippen molar-refractivity contribution < 1.29 is 33.3 Å². The second-order valence-electron chi connectivity index (χ2n) is 5.93. The molecule has 0 spiro atoms. The summed E-state index contributed by atoms with van der Waals surface area (Å²) in [6, 6.07) is 6.85. The van der Waals surface area contributed by atoms with Crippen LogP contribution in [-0.4, -0.2) is 42.8 Å². The second-order valence-corrected chi connectivity index (χ2v) is 5.93. The van der Waals surface area contributed by atoms with Gasteiger partial charge in [0.15, 0.2) is 11.9 Å². The summed E-state index contributed by atoms with van der Waals surface area (Å²) in [6.07, 6.45) is -1.44. The number of ether oxygens (including phenoxy) is 4. The molecule has 1 aromatic carbocycles. The predicted octanol–water partition coefficient (Wildman–Crippen LogP) is 2.66. The van der Waals surface area contributed by atoms with Gasteiger partial charge in [0.25, 0.3) is 0 Å². The lowest BCUT2D eigenvalue weighted by Crippen LogP contribution is -2.47. The van der Waals surface area contributed by atoms with Crippen LogP contribution in [0.15, 0.2) is 24.3 Å². The Bertz CT molecular complexity index is 655. The number of hydrogen-bond acceptors (Lipinski definition) is 7. The van der Waals surface area contributed by atoms with Crippen molar-refractivity contribution >= 4 is 17.7 Å². The van der Waals surface area contributed by atoms with Crippen LogP contribution in [0.2, 0.25) is 0 Å². The van der Waals surface area contributed by atoms with Gasteiger partial charge in [0, 0.05) is 12.8 Å². The molecule has 0 N–H and O–H groups in total. The molecule has 7 heteroatoms. The normalized spacial score (nSPS) is 22.3. The smallest absolute Gasteiger partial charge is 0.305 e. The lowest BCUT2D eigenvalue weighted by atomic mass is 10.1. The van der Waals surface area contributed by atoms with E-state index in [1.807, 2.05) is 0 Å². The largest absolute Gasteiger partial charge is 0.464 e. The van der Waals surface area contributed by atoms with E-state index in [-0.39, 0.29) is 31.7 Å². The molecular formula is C19H24O7. The minimum atomic E-state index is -0.721. The van der Waals surface area contributed by atoms with Crippen molar-refractivity contribution in [3.63, 3.8) is 0 Å². The monoisotopic (exact) mass is 364 g/mol. The number of esters is 2. The van der Waals surface area contributed by atoms with Crippen LogP contribution in [0.1, 0.15) is 50.4 Å². The number of carbonyl (C=O) groups is 3. The molecule has 0 amide bonds. The maximum absolute atomic E-state index is 11.7. The summed E-state index contributed by atoms with van der Waals surface area (Å²) in [6.45, 7) is 4.87. The Hall–Kier alpha value is -2.41. The van der Waals surface area contributed by atoms with Crippen LogP contribution in [0.5, 0.6) is 5.75 Å². The molecule has 1 aliphatic rings. The van der Waals surface area contributed by atoms with Gasteiger partial charge in [0.1, 0.15) is 11.9 Å². The molecule has 1 unspecified atom stereocenters. The SMILES string of the molecule is CCC(=O)O[C@@H]1COC(Oc2ccccc2C(C)=O)C[C@H]1OC(=O)CC. The van der Waals surface area contributed by atoms with Crippen LogP contribution in [0, 0.1) is 0 Å². The van der Waals surface area contributed by atoms with E-state index in [0.29, 0.717) is 11.3 Å². The molecule has 0 bridgehead atoms. The summed E-state index contributed by atoms with van der Waals surface area (Å²) in [7, 11) is 0. The van der Waals surface area contributed by atoms with Crippen LogP contribution in [0.4, 0.5) is 0 Å². The average molecular weight is 364 g/mol. The van der Waals surface area contributed by atoms with Gasteiger partial charge in [-0.2, -0.15) is 0 Å². The first kappa shape index (κ1) is 19.9. The Labute approximate surface area is 152 Å². The number of carbonyl (C=O) groups excluding carboxylic acids is 3. The van der Waals surface area contributed by atoms with Crippen molar-refractivity contribution in [1.82, 2.24) is 0 Å². The Kier molecular flexibility index (Phi) is 7.15. The molecule has 0 radical (unpaired) electrons. The summed E-state index contributed by atoms with van der Waals surface area (Å²) in [5, 5.41) is 0. The van der Waals surface area contributed by atoms with E-state index in [9.17, 15) is 14.4 Å². The molecule has 0 aromatic heterocycles. The van der Waals surface area contributed by atoms with Crippen LogP contribution in [-0.2, 0) is 23.8 Å². The van der Waals surface area contributed by atoms with Gasteiger partial charge in [-0.1, -0.05) is 26.0 Å². The fraction of sp³-hybridized carbons (Fsp3) is 0.526. The third kappa shape index (κ3) is 5.29. The van der Waals surface area contributed by atoms with Crippen molar-refractivity contribution in [2.24, 2.45) is 0 Å². The first-order valence-electron chi connectivity index (χ1n) is 8.71. The molecule has 1 saturated heterocycles. The van der Waals surface area contributed by atoms with Gasteiger partial charge in [-0.3, -0.25) is 14.4 Å². The van der Waals surface area contributed by atoms with Crippen molar-refractivity contribution in [2.75, 3.05) is 6.61 Å². The molecule has 1 fully saturated rings. The minimum absolute atomic E-state index is 0.0420. The fourth-order valence-electron chi connectivity index (χ4n) is 2.54. The number of ketones is 1. The van der Waals surface area contributed by atoms with E-state index in [4.69, 9.17) is 18.9 Å². The second kappa shape index (κ2) is 9.33. The summed E-state index contributed by atoms with van der Waals surface area (Å²) in [5.74, 6) is -0.510. The van der Waals surface area contributed by atoms with E-state index < -0.39 is 30.4 Å². The quantitative estimate of drug-likeness (QED) is 0.543. The van der Waals surface area contributed by atoms with Crippen molar-refractivity contribution in [3.8, 4) is 5.75 Å². The lowest BCUT2D eigenvalue weighted by molar-refractivity contribution is -0.212. The standard InChI is InChI=1S/C19H24O7/c1-4-17(21)24-15-10-19(23-11-16(15)25-18(22)5-2)26-14-9-7-6-8-13(14)12(3)20/h6-9,15-16,19H,4-5,10-11H2,1-3H3/t15-,16-,19?/m1/s1. The van der Waals surface area contributed by atoms with E-state index in [2.05, 4.69) is 0 Å². The van der Waals surface area contributed by atoms with Crippen LogP contribution < -0.4 is 4.74 Å². The Balaban J connectivity index is 2.09. The van der Waals surface area contributed by atoms with E-state index in [1.54, 1.807) is 38.1 Å². The first-order chi connectivity index (χ1) is 12.4. The average Bonchev–Trinajstić information content (AvgIpc) is 2.63. The fourth-order valence-corrected chi connectivity index (χ4v) is 2.54. The topological polar surface area (TPSA) is 88.1 Å². The minimum Gasteiger partial charge on any atom is -0.464 e. The first-order valence-corrected chi connectivity index (χ1v) is 8.71. The van der Waals surface area contributed by atoms with Crippen LogP contribution in [0.25, 0.3) is 0 Å². The number of benzene rings is 1. The van der Waals surface area contributed by atoms with Crippen LogP contribution >= 0.6 is 0 Å². The van der Waals surface area contributed by atoms with Gasteiger partial charge in [0.2, 0.25) is 6.29 Å². The zero-order chi connectivity index (χ0) is 19.1. The summed E-state index contributed by atoms with van der Waals surface area (Å²) < 4.78 is 22.1. The van der Waals surface area contributed by atoms with Gasteiger partial charge < -0.3 is 18.9 Å². The van der Waals surface area contributed by atoms with E-state index in [0.717, 1.165) is 0 Å². The van der Waals surface area contributed by atoms with Crippen molar-refractivity contribution in [3.05, 3.63) is 29.8 Å². The molecule has 3 atom stereocenters. The highest BCUT2D eigenvalue weighted by molar-refractivity contribution is 5.96. The van der Waals surface area contributed by atoms with Crippen LogP contribution in [0.3, 0.4) is 0 Å². The zero-order valence-corrected chi connectivity index (χ0v) is 15.2. The van der Waals surface area contributed by atoms with E-state index >= 15 is 0 Å². The van der Waals surface area contributed by atoms with Crippen molar-refractivity contribution in [2.45, 2.75) is 58.5 Å². The molecule has 0 saturated carbocycles. The Morgan fingerprint density at radius 3 is 2.27 bits per heavy atom. The van der Waals surface area contributed by atoms with E-state index in [1.165, 1.54) is 6.92 Å². The van der Waals surface area contributed by atoms with Crippen molar-refractivity contribution in [1.29, 1.82) is 0 Å². The summed E-state index contributed by atoms with van der Waals surface area (Å²) in [5.41, 5.74) is 0.442. The lowest BCUT2D eigenvalue weighted by Gasteiger charge is -2.35. The van der Waals surface area contributed by atoms with Gasteiger partial charge in [0.05, 0.1) is 18.6 Å². The van der Waals surface area contributed by atoms with Gasteiger partial charge >= 0.3 is 11.9 Å². The number of para-hydroxylation sites is 1. The predicted molar refractivity (Wildman–Crippen MR) is 91.8 cm³/mol. The maximum atomic E-state index is 11.7. The highest BCUT2D eigenvalue weighted by Crippen LogP contribution is 2.26. The summed E-state index contributed by atoms with van der Waals surface area (Å²) in [4.78, 5) is 35.0. The Morgan fingerprint density at radius 1 is 1.04 bits per heavy atom. The summed E-state index contributed by atoms with van der Waals surface area (Å²) >= 11 is 0. The molecule has 2 rings (SSSR count). The number of Topliss-reactive ketones (excluding diaryl/α,β-unsaturated/α-hetero) is 1. The molecule has 1 heterocycles. The Morgan fingerprint density at radius 2 is 1.65 bits per heavy atom. The third-order valence-electron chi connectivity index (χ3n) is 3.95. The van der Waals surface area contributed by atoms with Gasteiger partial charge in [-0.05, 0) is 19.1 Å². The van der Waals surface area contributed by atoms with Gasteiger partial charge in [-0.15, -0.1) is 0 Å². The third-order valence-corrected chi connectivity index (χ3v) is 3.95. The molecule has 0 aliphatic carbocycles. The molecule has 26 heavy (non-hydrogen) atoms. The highest BCUT2D eigenvalue weighted by atomic mass is 16.7. The molecule has 7 nitrogen and oxygen atoms in total. The molecule has 1 aliphatic heterocycles. The van der Waals surface area contributed by atoms with Gasteiger partial charge in [-0.25, -0.2) is 0 Å². The number of rotatable bonds is 7. The molecule has 1 aromatic rings. The maximum Gasteiger partial charge on any atom is 0.305 e. The molecule has 142 valence electrons. The number of hydrogen-bond donors (Lipinski definition) is 0.